The number of anilines is 1. The number of aromatic nitrogens is 3. The fraction of sp³-hybridized carbons (Fsp3) is 0.360. The predicted molar refractivity (Wildman–Crippen MR) is 135 cm³/mol. The molecule has 3 amide bonds. The summed E-state index contributed by atoms with van der Waals surface area (Å²) in [5.74, 6) is 0.858. The molecule has 1 unspecified atom stereocenters. The van der Waals surface area contributed by atoms with E-state index in [1.807, 2.05) is 67.3 Å². The number of nitrogens with zero attached hydrogens (tertiary/aromatic N) is 3. The number of urea groups is 1. The van der Waals surface area contributed by atoms with Crippen molar-refractivity contribution in [1.82, 2.24) is 25.0 Å². The monoisotopic (exact) mass is 478 g/mol. The van der Waals surface area contributed by atoms with Crippen molar-refractivity contribution in [3.05, 3.63) is 64.4 Å². The summed E-state index contributed by atoms with van der Waals surface area (Å²) in [7, 11) is 0. The number of rotatable bonds is 6. The topological polar surface area (TPSA) is 95.1 Å². The summed E-state index contributed by atoms with van der Waals surface area (Å²) < 4.78 is 2.17. The van der Waals surface area contributed by atoms with Crippen molar-refractivity contribution in [2.45, 2.75) is 33.2 Å². The number of nitrogens with one attached hydrogen (secondary N) is 3. The van der Waals surface area contributed by atoms with Crippen LogP contribution in [0.25, 0.3) is 11.4 Å². The van der Waals surface area contributed by atoms with Crippen molar-refractivity contribution in [3.8, 4) is 11.4 Å². The summed E-state index contributed by atoms with van der Waals surface area (Å²) in [4.78, 5) is 27.3. The molecule has 0 aliphatic carbocycles. The SMILES string of the molecule is Cc1ccc(NC(=O)NCC2CCCN(C(=O)Cn3c(-c4ccc(C)cc4)n[nH]c3=S)C2)cc1. The van der Waals surface area contributed by atoms with Crippen molar-refractivity contribution >= 4 is 29.8 Å². The highest BCUT2D eigenvalue weighted by atomic mass is 32.1. The van der Waals surface area contributed by atoms with Crippen LogP contribution in [0.15, 0.2) is 48.5 Å². The molecule has 1 aromatic heterocycles. The number of H-pyrrole nitrogens is 1. The predicted octanol–water partition coefficient (Wildman–Crippen LogP) is 4.28. The van der Waals surface area contributed by atoms with Gasteiger partial charge in [-0.2, -0.15) is 5.10 Å². The van der Waals surface area contributed by atoms with Crippen LogP contribution in [0.3, 0.4) is 0 Å². The van der Waals surface area contributed by atoms with E-state index in [1.165, 1.54) is 0 Å². The van der Waals surface area contributed by atoms with Crippen molar-refractivity contribution in [3.63, 3.8) is 0 Å². The average Bonchev–Trinajstić information content (AvgIpc) is 3.20. The maximum absolute atomic E-state index is 13.1. The number of likely N-dealkylation sites (tertiary alicyclic amines) is 1. The second-order valence-corrected chi connectivity index (χ2v) is 9.24. The van der Waals surface area contributed by atoms with Gasteiger partial charge in [0.05, 0.1) is 0 Å². The first-order valence-corrected chi connectivity index (χ1v) is 11.9. The number of aromatic amines is 1. The average molecular weight is 479 g/mol. The smallest absolute Gasteiger partial charge is 0.319 e. The molecule has 2 aromatic carbocycles. The lowest BCUT2D eigenvalue weighted by atomic mass is 9.98. The molecule has 4 rings (SSSR count). The highest BCUT2D eigenvalue weighted by Crippen LogP contribution is 2.20. The van der Waals surface area contributed by atoms with E-state index in [-0.39, 0.29) is 24.4 Å². The third-order valence-corrected chi connectivity index (χ3v) is 6.41. The summed E-state index contributed by atoms with van der Waals surface area (Å²) in [6.07, 6.45) is 1.87. The molecule has 3 N–H and O–H groups in total. The van der Waals surface area contributed by atoms with Crippen LogP contribution in [0.5, 0.6) is 0 Å². The van der Waals surface area contributed by atoms with E-state index in [2.05, 4.69) is 20.8 Å². The molecular formula is C25H30N6O2S. The first-order valence-electron chi connectivity index (χ1n) is 11.5. The Morgan fingerprint density at radius 2 is 1.76 bits per heavy atom. The molecule has 0 saturated carbocycles. The summed E-state index contributed by atoms with van der Waals surface area (Å²) in [6.45, 7) is 5.99. The quantitative estimate of drug-likeness (QED) is 0.461. The lowest BCUT2D eigenvalue weighted by Crippen LogP contribution is -2.45. The lowest BCUT2D eigenvalue weighted by molar-refractivity contribution is -0.133. The molecule has 3 aromatic rings. The second kappa shape index (κ2) is 10.6. The number of piperidine rings is 1. The van der Waals surface area contributed by atoms with E-state index in [9.17, 15) is 9.59 Å². The Balaban J connectivity index is 1.33. The first kappa shape index (κ1) is 23.7. The van der Waals surface area contributed by atoms with Crippen LogP contribution >= 0.6 is 12.2 Å². The first-order chi connectivity index (χ1) is 16.4. The second-order valence-electron chi connectivity index (χ2n) is 8.85. The molecule has 34 heavy (non-hydrogen) atoms. The molecular weight excluding hydrogens is 448 g/mol. The number of carbonyl (C=O) groups excluding carboxylic acids is 2. The van der Waals surface area contributed by atoms with E-state index in [0.717, 1.165) is 35.2 Å². The van der Waals surface area contributed by atoms with E-state index < -0.39 is 0 Å². The minimum absolute atomic E-state index is 0.000307. The minimum Gasteiger partial charge on any atom is -0.341 e. The number of aryl methyl sites for hydroxylation is 2. The van der Waals surface area contributed by atoms with Crippen LogP contribution in [0.2, 0.25) is 0 Å². The molecule has 1 fully saturated rings. The van der Waals surface area contributed by atoms with Gasteiger partial charge in [-0.25, -0.2) is 4.79 Å². The number of benzene rings is 2. The summed E-state index contributed by atoms with van der Waals surface area (Å²) in [5.41, 5.74) is 3.96. The van der Waals surface area contributed by atoms with Gasteiger partial charge in [-0.15, -0.1) is 0 Å². The Kier molecular flexibility index (Phi) is 7.42. The van der Waals surface area contributed by atoms with Gasteiger partial charge in [-0.3, -0.25) is 14.5 Å². The zero-order valence-corrected chi connectivity index (χ0v) is 20.3. The van der Waals surface area contributed by atoms with Gasteiger partial charge in [0.2, 0.25) is 5.91 Å². The highest BCUT2D eigenvalue weighted by molar-refractivity contribution is 7.71. The molecule has 1 atom stereocenters. The van der Waals surface area contributed by atoms with Crippen molar-refractivity contribution in [2.75, 3.05) is 25.0 Å². The third kappa shape index (κ3) is 5.91. The van der Waals surface area contributed by atoms with Gasteiger partial charge in [0.1, 0.15) is 6.54 Å². The van der Waals surface area contributed by atoms with Crippen LogP contribution in [0.4, 0.5) is 10.5 Å². The summed E-state index contributed by atoms with van der Waals surface area (Å²) >= 11 is 5.39. The molecule has 1 aliphatic rings. The van der Waals surface area contributed by atoms with Crippen LogP contribution < -0.4 is 10.6 Å². The molecule has 0 radical (unpaired) electrons. The number of hydrogen-bond donors (Lipinski definition) is 3. The van der Waals surface area contributed by atoms with Crippen LogP contribution in [-0.4, -0.2) is 51.2 Å². The normalized spacial score (nSPS) is 15.7. The fourth-order valence-electron chi connectivity index (χ4n) is 4.13. The van der Waals surface area contributed by atoms with Gasteiger partial charge in [-0.1, -0.05) is 47.5 Å². The van der Waals surface area contributed by atoms with Crippen LogP contribution in [0.1, 0.15) is 24.0 Å². The number of hydrogen-bond acceptors (Lipinski definition) is 4. The standard InChI is InChI=1S/C25H30N6O2S/c1-17-5-9-20(10-6-17)23-28-29-25(34)31(23)16-22(32)30-13-3-4-19(15-30)14-26-24(33)27-21-11-7-18(2)8-12-21/h5-12,19H,3-4,13-16H2,1-2H3,(H,29,34)(H2,26,27,33). The zero-order chi connectivity index (χ0) is 24.1. The van der Waals surface area contributed by atoms with Gasteiger partial charge in [0.15, 0.2) is 10.6 Å². The van der Waals surface area contributed by atoms with Crippen LogP contribution in [-0.2, 0) is 11.3 Å². The third-order valence-electron chi connectivity index (χ3n) is 6.09. The number of amides is 3. The Bertz CT molecular complexity index is 1200. The molecule has 1 saturated heterocycles. The molecule has 8 nitrogen and oxygen atoms in total. The zero-order valence-electron chi connectivity index (χ0n) is 19.5. The van der Waals surface area contributed by atoms with Crippen molar-refractivity contribution in [2.24, 2.45) is 5.92 Å². The summed E-state index contributed by atoms with van der Waals surface area (Å²) in [5, 5.41) is 12.9. The molecule has 9 heteroatoms. The fourth-order valence-corrected chi connectivity index (χ4v) is 4.33. The molecule has 0 bridgehead atoms. The van der Waals surface area contributed by atoms with Gasteiger partial charge in [-0.05, 0) is 57.0 Å². The van der Waals surface area contributed by atoms with Gasteiger partial charge >= 0.3 is 6.03 Å². The molecule has 0 spiro atoms. The molecule has 178 valence electrons. The van der Waals surface area contributed by atoms with E-state index >= 15 is 0 Å². The van der Waals surface area contributed by atoms with Gasteiger partial charge in [0, 0.05) is 30.9 Å². The maximum atomic E-state index is 13.1. The Hall–Kier alpha value is -3.46. The molecule has 1 aliphatic heterocycles. The van der Waals surface area contributed by atoms with Crippen molar-refractivity contribution in [1.29, 1.82) is 0 Å². The van der Waals surface area contributed by atoms with Gasteiger partial charge in [0.25, 0.3) is 0 Å². The van der Waals surface area contributed by atoms with E-state index in [4.69, 9.17) is 12.2 Å². The summed E-state index contributed by atoms with van der Waals surface area (Å²) in [6, 6.07) is 15.4. The number of carbonyl (C=O) groups is 2. The lowest BCUT2D eigenvalue weighted by Gasteiger charge is -2.33. The van der Waals surface area contributed by atoms with E-state index in [1.54, 1.807) is 4.57 Å². The van der Waals surface area contributed by atoms with Crippen LogP contribution in [0, 0.1) is 24.5 Å². The largest absolute Gasteiger partial charge is 0.341 e. The Morgan fingerprint density at radius 3 is 2.47 bits per heavy atom. The van der Waals surface area contributed by atoms with Crippen molar-refractivity contribution < 1.29 is 9.59 Å². The Morgan fingerprint density at radius 1 is 1.09 bits per heavy atom. The maximum Gasteiger partial charge on any atom is 0.319 e. The Labute approximate surface area is 204 Å². The highest BCUT2D eigenvalue weighted by Gasteiger charge is 2.25. The van der Waals surface area contributed by atoms with E-state index in [0.29, 0.717) is 30.2 Å². The minimum atomic E-state index is -0.236. The van der Waals surface area contributed by atoms with Gasteiger partial charge < -0.3 is 15.5 Å². The molecule has 2 heterocycles.